The van der Waals surface area contributed by atoms with Crippen LogP contribution < -0.4 is 0 Å². The largest absolute Gasteiger partial charge is 0.478 e. The number of carboxylic acid groups (broad SMARTS) is 1. The van der Waals surface area contributed by atoms with Crippen LogP contribution in [-0.4, -0.2) is 11.1 Å². The molecule has 1 atom stereocenters. The molecule has 0 fully saturated rings. The van der Waals surface area contributed by atoms with Gasteiger partial charge in [0, 0.05) is 0 Å². The van der Waals surface area contributed by atoms with Gasteiger partial charge in [0.15, 0.2) is 0 Å². The second-order valence-electron chi connectivity index (χ2n) is 6.05. The molecule has 1 aliphatic carbocycles. The van der Waals surface area contributed by atoms with Gasteiger partial charge >= 0.3 is 5.97 Å². The van der Waals surface area contributed by atoms with Gasteiger partial charge in [-0.25, -0.2) is 4.79 Å². The molecule has 1 unspecified atom stereocenters. The monoisotopic (exact) mass is 232 g/mol. The molecule has 0 heterocycles. The lowest BCUT2D eigenvalue weighted by Crippen LogP contribution is -2.28. The molecule has 2 nitrogen and oxygen atoms in total. The first-order chi connectivity index (χ1) is 7.89. The van der Waals surface area contributed by atoms with E-state index in [1.54, 1.807) is 6.07 Å². The van der Waals surface area contributed by atoms with Crippen molar-refractivity contribution in [3.05, 3.63) is 34.9 Å². The summed E-state index contributed by atoms with van der Waals surface area (Å²) in [5.74, 6) is -0.216. The third-order valence-electron chi connectivity index (χ3n) is 3.94. The Bertz CT molecular complexity index is 441. The van der Waals surface area contributed by atoms with Gasteiger partial charge in [0.25, 0.3) is 0 Å². The van der Waals surface area contributed by atoms with Crippen LogP contribution in [0, 0.1) is 11.3 Å². The van der Waals surface area contributed by atoms with E-state index in [1.807, 2.05) is 6.07 Å². The second kappa shape index (κ2) is 4.17. The average molecular weight is 232 g/mol. The van der Waals surface area contributed by atoms with Crippen molar-refractivity contribution in [1.29, 1.82) is 0 Å². The minimum absolute atomic E-state index is 0.253. The zero-order chi connectivity index (χ0) is 12.6. The third kappa shape index (κ3) is 2.36. The van der Waals surface area contributed by atoms with E-state index in [0.717, 1.165) is 18.4 Å². The summed E-state index contributed by atoms with van der Waals surface area (Å²) in [7, 11) is 0. The van der Waals surface area contributed by atoms with Crippen LogP contribution in [-0.2, 0) is 12.8 Å². The fraction of sp³-hybridized carbons (Fsp3) is 0.533. The Kier molecular flexibility index (Phi) is 2.98. The summed E-state index contributed by atoms with van der Waals surface area (Å²) < 4.78 is 0. The zero-order valence-corrected chi connectivity index (χ0v) is 10.8. The molecule has 0 bridgehead atoms. The molecule has 1 aromatic carbocycles. The van der Waals surface area contributed by atoms with Gasteiger partial charge in [-0.1, -0.05) is 32.9 Å². The Labute approximate surface area is 103 Å². The average Bonchev–Trinajstić information content (AvgIpc) is 2.26. The minimum atomic E-state index is -0.795. The van der Waals surface area contributed by atoms with Crippen molar-refractivity contribution in [3.63, 3.8) is 0 Å². The van der Waals surface area contributed by atoms with Crippen molar-refractivity contribution in [3.8, 4) is 0 Å². The van der Waals surface area contributed by atoms with E-state index in [9.17, 15) is 9.90 Å². The first-order valence-corrected chi connectivity index (χ1v) is 6.23. The molecule has 0 aliphatic heterocycles. The standard InChI is InChI=1S/C15H20O2/c1-15(2,3)11-8-7-10-5-4-6-12(14(16)17)13(10)9-11/h4-6,11H,7-9H2,1-3H3,(H,16,17). The van der Waals surface area contributed by atoms with Crippen molar-refractivity contribution < 1.29 is 9.90 Å². The Balaban J connectivity index is 2.39. The molecule has 0 spiro atoms. The van der Waals surface area contributed by atoms with Crippen molar-refractivity contribution in [2.75, 3.05) is 0 Å². The molecule has 0 saturated heterocycles. The Morgan fingerprint density at radius 3 is 2.65 bits per heavy atom. The van der Waals surface area contributed by atoms with Crippen molar-refractivity contribution in [2.24, 2.45) is 11.3 Å². The maximum absolute atomic E-state index is 11.2. The number of fused-ring (bicyclic) bond motifs is 1. The smallest absolute Gasteiger partial charge is 0.335 e. The van der Waals surface area contributed by atoms with E-state index < -0.39 is 5.97 Å². The van der Waals surface area contributed by atoms with Gasteiger partial charge < -0.3 is 5.11 Å². The van der Waals surface area contributed by atoms with Crippen LogP contribution in [0.3, 0.4) is 0 Å². The molecule has 2 rings (SSSR count). The Morgan fingerprint density at radius 1 is 1.35 bits per heavy atom. The zero-order valence-electron chi connectivity index (χ0n) is 10.8. The number of benzene rings is 1. The van der Waals surface area contributed by atoms with Gasteiger partial charge in [0.1, 0.15) is 0 Å². The minimum Gasteiger partial charge on any atom is -0.478 e. The number of hydrogen-bond acceptors (Lipinski definition) is 1. The van der Waals surface area contributed by atoms with Crippen molar-refractivity contribution in [2.45, 2.75) is 40.0 Å². The summed E-state index contributed by atoms with van der Waals surface area (Å²) in [5.41, 5.74) is 3.04. The number of rotatable bonds is 1. The number of hydrogen-bond donors (Lipinski definition) is 1. The highest BCUT2D eigenvalue weighted by molar-refractivity contribution is 5.89. The van der Waals surface area contributed by atoms with Crippen LogP contribution >= 0.6 is 0 Å². The van der Waals surface area contributed by atoms with Gasteiger partial charge in [-0.2, -0.15) is 0 Å². The number of carboxylic acids is 1. The summed E-state index contributed by atoms with van der Waals surface area (Å²) in [6, 6.07) is 5.66. The quantitative estimate of drug-likeness (QED) is 0.804. The van der Waals surface area contributed by atoms with E-state index >= 15 is 0 Å². The molecule has 0 amide bonds. The Morgan fingerprint density at radius 2 is 2.06 bits per heavy atom. The van der Waals surface area contributed by atoms with Crippen molar-refractivity contribution >= 4 is 5.97 Å². The molecule has 1 aliphatic rings. The van der Waals surface area contributed by atoms with Gasteiger partial charge in [-0.3, -0.25) is 0 Å². The first-order valence-electron chi connectivity index (χ1n) is 6.23. The van der Waals surface area contributed by atoms with Gasteiger partial charge in [0.05, 0.1) is 5.56 Å². The van der Waals surface area contributed by atoms with Crippen LogP contribution in [0.25, 0.3) is 0 Å². The highest BCUT2D eigenvalue weighted by atomic mass is 16.4. The highest BCUT2D eigenvalue weighted by Crippen LogP contribution is 2.38. The van der Waals surface area contributed by atoms with E-state index in [4.69, 9.17) is 0 Å². The fourth-order valence-electron chi connectivity index (χ4n) is 2.73. The van der Waals surface area contributed by atoms with E-state index in [2.05, 4.69) is 26.8 Å². The lowest BCUT2D eigenvalue weighted by atomic mass is 9.70. The molecule has 17 heavy (non-hydrogen) atoms. The highest BCUT2D eigenvalue weighted by Gasteiger charge is 2.30. The van der Waals surface area contributed by atoms with Crippen LogP contribution in [0.4, 0.5) is 0 Å². The van der Waals surface area contributed by atoms with Crippen molar-refractivity contribution in [1.82, 2.24) is 0 Å². The molecular weight excluding hydrogens is 212 g/mol. The summed E-state index contributed by atoms with van der Waals surface area (Å²) >= 11 is 0. The summed E-state index contributed by atoms with van der Waals surface area (Å²) in [6.45, 7) is 6.73. The maximum Gasteiger partial charge on any atom is 0.335 e. The fourth-order valence-corrected chi connectivity index (χ4v) is 2.73. The topological polar surface area (TPSA) is 37.3 Å². The molecule has 1 N–H and O–H groups in total. The molecule has 1 aromatic rings. The SMILES string of the molecule is CC(C)(C)C1CCc2cccc(C(=O)O)c2C1. The third-order valence-corrected chi connectivity index (χ3v) is 3.94. The molecule has 92 valence electrons. The van der Waals surface area contributed by atoms with Crippen LogP contribution in [0.2, 0.25) is 0 Å². The van der Waals surface area contributed by atoms with Crippen LogP contribution in [0.5, 0.6) is 0 Å². The maximum atomic E-state index is 11.2. The molecule has 0 saturated carbocycles. The number of aromatic carboxylic acids is 1. The normalized spacial score (nSPS) is 19.8. The van der Waals surface area contributed by atoms with E-state index in [1.165, 1.54) is 12.0 Å². The Hall–Kier alpha value is -1.31. The van der Waals surface area contributed by atoms with Gasteiger partial charge in [-0.15, -0.1) is 0 Å². The van der Waals surface area contributed by atoms with Crippen LogP contribution in [0.15, 0.2) is 18.2 Å². The lowest BCUT2D eigenvalue weighted by molar-refractivity contribution is 0.0694. The van der Waals surface area contributed by atoms with Gasteiger partial charge in [-0.05, 0) is 47.8 Å². The second-order valence-corrected chi connectivity index (χ2v) is 6.05. The first kappa shape index (κ1) is 12.2. The summed E-state index contributed by atoms with van der Waals surface area (Å²) in [4.78, 5) is 11.2. The summed E-state index contributed by atoms with van der Waals surface area (Å²) in [5, 5.41) is 9.23. The molecular formula is C15H20O2. The molecule has 0 radical (unpaired) electrons. The predicted molar refractivity (Wildman–Crippen MR) is 68.4 cm³/mol. The molecule has 0 aromatic heterocycles. The van der Waals surface area contributed by atoms with Gasteiger partial charge in [0.2, 0.25) is 0 Å². The molecule has 2 heteroatoms. The van der Waals surface area contributed by atoms with Crippen LogP contribution in [0.1, 0.15) is 48.7 Å². The number of carbonyl (C=O) groups is 1. The lowest BCUT2D eigenvalue weighted by Gasteiger charge is -2.35. The van der Waals surface area contributed by atoms with E-state index in [0.29, 0.717) is 11.5 Å². The van der Waals surface area contributed by atoms with E-state index in [-0.39, 0.29) is 5.41 Å². The number of aryl methyl sites for hydroxylation is 1. The summed E-state index contributed by atoms with van der Waals surface area (Å²) in [6.07, 6.45) is 3.08. The predicted octanol–water partition coefficient (Wildman–Crippen LogP) is 3.54.